The number of carbonyl (C=O) groups excluding carboxylic acids is 1. The summed E-state index contributed by atoms with van der Waals surface area (Å²) in [5.74, 6) is -0.695. The van der Waals surface area contributed by atoms with Crippen molar-refractivity contribution in [2.24, 2.45) is 11.3 Å². The lowest BCUT2D eigenvalue weighted by Crippen LogP contribution is -2.40. The first-order valence-electron chi connectivity index (χ1n) is 8.52. The Balaban J connectivity index is 0.00000243. The zero-order chi connectivity index (χ0) is 18.2. The highest BCUT2D eigenvalue weighted by Crippen LogP contribution is 2.48. The molecule has 1 saturated carbocycles. The number of hydrogen-bond acceptors (Lipinski definition) is 3. The monoisotopic (exact) mass is 420 g/mol. The third-order valence-corrected chi connectivity index (χ3v) is 6.10. The SMILES string of the molecule is CC(NC(=O)CN1C[C@@H]2CCC[C@@]2(C(=O)O)C1)c1ccc(Cl)cc1Cl.Cl. The average Bonchev–Trinajstić information content (AvgIpc) is 3.04. The number of carbonyl (C=O) groups is 2. The largest absolute Gasteiger partial charge is 0.481 e. The van der Waals surface area contributed by atoms with E-state index in [2.05, 4.69) is 5.32 Å². The number of carboxylic acid groups (broad SMARTS) is 1. The number of carboxylic acids is 1. The van der Waals surface area contributed by atoms with Crippen LogP contribution >= 0.6 is 35.6 Å². The van der Waals surface area contributed by atoms with Crippen LogP contribution in [0.5, 0.6) is 0 Å². The maximum absolute atomic E-state index is 12.4. The number of hydrogen-bond donors (Lipinski definition) is 2. The average molecular weight is 422 g/mol. The Morgan fingerprint density at radius 2 is 2.15 bits per heavy atom. The molecule has 0 radical (unpaired) electrons. The Kier molecular flexibility index (Phi) is 6.83. The minimum atomic E-state index is -0.723. The first-order valence-corrected chi connectivity index (χ1v) is 9.27. The Hall–Kier alpha value is -1.01. The van der Waals surface area contributed by atoms with Crippen LogP contribution in [-0.2, 0) is 9.59 Å². The molecule has 0 bridgehead atoms. The van der Waals surface area contributed by atoms with Crippen LogP contribution in [0.15, 0.2) is 18.2 Å². The number of nitrogens with one attached hydrogen (secondary N) is 1. The van der Waals surface area contributed by atoms with Crippen LogP contribution in [0.3, 0.4) is 0 Å². The molecule has 1 aromatic carbocycles. The van der Waals surface area contributed by atoms with Crippen LogP contribution in [-0.4, -0.2) is 41.5 Å². The zero-order valence-corrected chi connectivity index (χ0v) is 16.8. The van der Waals surface area contributed by atoms with Crippen LogP contribution in [0, 0.1) is 11.3 Å². The summed E-state index contributed by atoms with van der Waals surface area (Å²) in [5, 5.41) is 13.6. The Bertz CT molecular complexity index is 700. The van der Waals surface area contributed by atoms with Gasteiger partial charge in [-0.1, -0.05) is 35.7 Å². The van der Waals surface area contributed by atoms with E-state index in [1.54, 1.807) is 18.2 Å². The second-order valence-electron chi connectivity index (χ2n) is 7.18. The number of amides is 1. The molecule has 5 nitrogen and oxygen atoms in total. The summed E-state index contributed by atoms with van der Waals surface area (Å²) in [6.45, 7) is 3.21. The smallest absolute Gasteiger partial charge is 0.311 e. The summed E-state index contributed by atoms with van der Waals surface area (Å²) >= 11 is 12.1. The first-order chi connectivity index (χ1) is 11.8. The number of benzene rings is 1. The van der Waals surface area contributed by atoms with Gasteiger partial charge < -0.3 is 10.4 Å². The van der Waals surface area contributed by atoms with Crippen molar-refractivity contribution in [3.8, 4) is 0 Å². The van der Waals surface area contributed by atoms with Crippen LogP contribution in [0.4, 0.5) is 0 Å². The first kappa shape index (κ1) is 21.3. The summed E-state index contributed by atoms with van der Waals surface area (Å²) < 4.78 is 0. The summed E-state index contributed by atoms with van der Waals surface area (Å²) in [6, 6.07) is 4.95. The van der Waals surface area contributed by atoms with Gasteiger partial charge in [0.15, 0.2) is 0 Å². The molecule has 26 heavy (non-hydrogen) atoms. The van der Waals surface area contributed by atoms with Gasteiger partial charge in [0.2, 0.25) is 5.91 Å². The van der Waals surface area contributed by atoms with E-state index < -0.39 is 11.4 Å². The fourth-order valence-corrected chi connectivity index (χ4v) is 4.86. The number of rotatable bonds is 5. The second-order valence-corrected chi connectivity index (χ2v) is 8.02. The van der Waals surface area contributed by atoms with Gasteiger partial charge in [0, 0.05) is 23.1 Å². The highest BCUT2D eigenvalue weighted by molar-refractivity contribution is 6.35. The molecule has 1 unspecified atom stereocenters. The van der Waals surface area contributed by atoms with Crippen molar-refractivity contribution in [3.63, 3.8) is 0 Å². The van der Waals surface area contributed by atoms with E-state index in [0.717, 1.165) is 18.4 Å². The van der Waals surface area contributed by atoms with Gasteiger partial charge in [-0.05, 0) is 43.4 Å². The Labute approximate surface area is 169 Å². The summed E-state index contributed by atoms with van der Waals surface area (Å²) in [6.07, 6.45) is 2.60. The van der Waals surface area contributed by atoms with Crippen LogP contribution in [0.1, 0.15) is 37.8 Å². The molecule has 3 rings (SSSR count). The van der Waals surface area contributed by atoms with E-state index in [0.29, 0.717) is 29.6 Å². The molecule has 2 fully saturated rings. The molecule has 1 aromatic rings. The van der Waals surface area contributed by atoms with Crippen molar-refractivity contribution in [1.29, 1.82) is 0 Å². The summed E-state index contributed by atoms with van der Waals surface area (Å²) in [7, 11) is 0. The molecule has 144 valence electrons. The molecule has 2 N–H and O–H groups in total. The maximum Gasteiger partial charge on any atom is 0.311 e. The molecule has 1 saturated heterocycles. The Morgan fingerprint density at radius 3 is 2.77 bits per heavy atom. The van der Waals surface area contributed by atoms with E-state index in [1.165, 1.54) is 0 Å². The highest BCUT2D eigenvalue weighted by Gasteiger charge is 2.54. The number of fused-ring (bicyclic) bond motifs is 1. The van der Waals surface area contributed by atoms with Crippen molar-refractivity contribution >= 4 is 47.5 Å². The fourth-order valence-electron chi connectivity index (χ4n) is 4.28. The highest BCUT2D eigenvalue weighted by atomic mass is 35.5. The van der Waals surface area contributed by atoms with Gasteiger partial charge in [-0.25, -0.2) is 0 Å². The predicted octanol–water partition coefficient (Wildman–Crippen LogP) is 3.78. The molecule has 1 aliphatic heterocycles. The van der Waals surface area contributed by atoms with Crippen molar-refractivity contribution in [2.45, 2.75) is 32.2 Å². The van der Waals surface area contributed by atoms with Crippen LogP contribution in [0.25, 0.3) is 0 Å². The fraction of sp³-hybridized carbons (Fsp3) is 0.556. The molecule has 1 amide bonds. The summed E-state index contributed by atoms with van der Waals surface area (Å²) in [4.78, 5) is 26.1. The minimum Gasteiger partial charge on any atom is -0.481 e. The van der Waals surface area contributed by atoms with Gasteiger partial charge >= 0.3 is 5.97 Å². The van der Waals surface area contributed by atoms with E-state index in [4.69, 9.17) is 23.2 Å². The normalized spacial score (nSPS) is 26.0. The topological polar surface area (TPSA) is 69.6 Å². The van der Waals surface area contributed by atoms with Crippen LogP contribution in [0.2, 0.25) is 10.0 Å². The van der Waals surface area contributed by atoms with Gasteiger partial charge in [-0.2, -0.15) is 0 Å². The molecule has 2 aliphatic rings. The molecular weight excluding hydrogens is 399 g/mol. The zero-order valence-electron chi connectivity index (χ0n) is 14.5. The quantitative estimate of drug-likeness (QED) is 0.759. The molecule has 8 heteroatoms. The van der Waals surface area contributed by atoms with Gasteiger partial charge in [0.05, 0.1) is 18.0 Å². The standard InChI is InChI=1S/C18H22Cl2N2O3.ClH/c1-11(14-5-4-13(19)7-15(14)20)21-16(23)9-22-8-12-3-2-6-18(12,10-22)17(24)25;/h4-5,7,11-12H,2-3,6,8-10H2,1H3,(H,21,23)(H,24,25);1H/t11?,12-,18+;/m0./s1. The third kappa shape index (κ3) is 4.11. The van der Waals surface area contributed by atoms with Gasteiger partial charge in [-0.3, -0.25) is 14.5 Å². The Morgan fingerprint density at radius 1 is 1.42 bits per heavy atom. The number of likely N-dealkylation sites (tertiary alicyclic amines) is 1. The van der Waals surface area contributed by atoms with Crippen LogP contribution < -0.4 is 5.32 Å². The van der Waals surface area contributed by atoms with Gasteiger partial charge in [-0.15, -0.1) is 12.4 Å². The molecular formula is C18H23Cl3N2O3. The lowest BCUT2D eigenvalue weighted by atomic mass is 9.81. The van der Waals surface area contributed by atoms with E-state index >= 15 is 0 Å². The van der Waals surface area contributed by atoms with Crippen molar-refractivity contribution in [3.05, 3.63) is 33.8 Å². The maximum atomic E-state index is 12.4. The predicted molar refractivity (Wildman–Crippen MR) is 104 cm³/mol. The molecule has 1 aliphatic carbocycles. The number of nitrogens with zero attached hydrogens (tertiary/aromatic N) is 1. The van der Waals surface area contributed by atoms with Crippen molar-refractivity contribution in [2.75, 3.05) is 19.6 Å². The number of aliphatic carboxylic acids is 1. The lowest BCUT2D eigenvalue weighted by Gasteiger charge is -2.23. The molecule has 0 aromatic heterocycles. The van der Waals surface area contributed by atoms with Crippen molar-refractivity contribution < 1.29 is 14.7 Å². The molecule has 1 heterocycles. The second kappa shape index (κ2) is 8.34. The van der Waals surface area contributed by atoms with E-state index in [9.17, 15) is 14.7 Å². The van der Waals surface area contributed by atoms with Gasteiger partial charge in [0.1, 0.15) is 0 Å². The van der Waals surface area contributed by atoms with Gasteiger partial charge in [0.25, 0.3) is 0 Å². The van der Waals surface area contributed by atoms with E-state index in [1.807, 2.05) is 11.8 Å². The minimum absolute atomic E-state index is 0. The van der Waals surface area contributed by atoms with Crippen molar-refractivity contribution in [1.82, 2.24) is 10.2 Å². The molecule has 0 spiro atoms. The molecule has 3 atom stereocenters. The van der Waals surface area contributed by atoms with E-state index in [-0.39, 0.29) is 36.8 Å². The lowest BCUT2D eigenvalue weighted by molar-refractivity contribution is -0.149. The third-order valence-electron chi connectivity index (χ3n) is 5.54. The summed E-state index contributed by atoms with van der Waals surface area (Å²) in [5.41, 5.74) is 0.144. The number of halogens is 3.